The van der Waals surface area contributed by atoms with Crippen LogP contribution < -0.4 is 0 Å². The van der Waals surface area contributed by atoms with Crippen molar-refractivity contribution < 1.29 is 9.53 Å². The molecule has 1 aliphatic heterocycles. The molecule has 2 nitrogen and oxygen atoms in total. The predicted octanol–water partition coefficient (Wildman–Crippen LogP) is 2.42. The van der Waals surface area contributed by atoms with Crippen LogP contribution in [-0.2, 0) is 9.53 Å². The minimum atomic E-state index is -0.402. The van der Waals surface area contributed by atoms with Gasteiger partial charge in [-0.3, -0.25) is 4.79 Å². The zero-order valence-electron chi connectivity index (χ0n) is 9.66. The van der Waals surface area contributed by atoms with Crippen LogP contribution in [-0.4, -0.2) is 18.0 Å². The van der Waals surface area contributed by atoms with Crippen LogP contribution in [0.5, 0.6) is 0 Å². The number of carbonyl (C=O) groups is 1. The number of epoxide rings is 1. The molecule has 15 heavy (non-hydrogen) atoms. The molecule has 0 aromatic carbocycles. The van der Waals surface area contributed by atoms with E-state index in [0.717, 1.165) is 24.2 Å². The highest BCUT2D eigenvalue weighted by Crippen LogP contribution is 2.55. The standard InChI is InChI=1S/C13H20O2/c1-8(12(14)13(2)7-15-13)3-9-4-10-6-11(10)5-9/h8-11H,3-7H2,1-2H3/t8-,9?,10-,11+,13+/m0/s1. The fourth-order valence-electron chi connectivity index (χ4n) is 3.41. The number of carbonyl (C=O) groups excluding carboxylic acids is 1. The first-order valence-corrected chi connectivity index (χ1v) is 6.27. The molecule has 0 radical (unpaired) electrons. The maximum absolute atomic E-state index is 12.0. The van der Waals surface area contributed by atoms with Crippen molar-refractivity contribution in [1.29, 1.82) is 0 Å². The van der Waals surface area contributed by atoms with E-state index < -0.39 is 5.60 Å². The van der Waals surface area contributed by atoms with Crippen molar-refractivity contribution in [2.45, 2.75) is 45.1 Å². The smallest absolute Gasteiger partial charge is 0.169 e. The molecule has 1 unspecified atom stereocenters. The van der Waals surface area contributed by atoms with Gasteiger partial charge in [0.25, 0.3) is 0 Å². The molecule has 0 aromatic rings. The van der Waals surface area contributed by atoms with Crippen LogP contribution in [0.3, 0.4) is 0 Å². The summed E-state index contributed by atoms with van der Waals surface area (Å²) in [7, 11) is 0. The third-order valence-corrected chi connectivity index (χ3v) is 4.57. The molecule has 1 saturated heterocycles. The Labute approximate surface area is 91.4 Å². The summed E-state index contributed by atoms with van der Waals surface area (Å²) in [6.45, 7) is 4.66. The van der Waals surface area contributed by atoms with Gasteiger partial charge in [0.15, 0.2) is 5.78 Å². The summed E-state index contributed by atoms with van der Waals surface area (Å²) in [6.07, 6.45) is 5.35. The average Bonchev–Trinajstić information content (AvgIpc) is 3.08. The van der Waals surface area contributed by atoms with Crippen molar-refractivity contribution in [3.8, 4) is 0 Å². The molecule has 2 aliphatic carbocycles. The van der Waals surface area contributed by atoms with E-state index in [2.05, 4.69) is 6.92 Å². The lowest BCUT2D eigenvalue weighted by Gasteiger charge is -2.18. The molecule has 0 bridgehead atoms. The third-order valence-electron chi connectivity index (χ3n) is 4.57. The number of Topliss-reactive ketones (excluding diaryl/α,β-unsaturated/α-hetero) is 1. The first-order chi connectivity index (χ1) is 7.08. The van der Waals surface area contributed by atoms with Crippen molar-refractivity contribution in [2.24, 2.45) is 23.7 Å². The van der Waals surface area contributed by atoms with Gasteiger partial charge in [0.05, 0.1) is 6.61 Å². The summed E-state index contributed by atoms with van der Waals surface area (Å²) in [5, 5.41) is 0. The molecule has 3 aliphatic rings. The van der Waals surface area contributed by atoms with E-state index in [1.54, 1.807) is 0 Å². The van der Waals surface area contributed by atoms with E-state index >= 15 is 0 Å². The summed E-state index contributed by atoms with van der Waals surface area (Å²) in [5.74, 6) is 3.44. The monoisotopic (exact) mass is 208 g/mol. The van der Waals surface area contributed by atoms with Crippen molar-refractivity contribution in [3.63, 3.8) is 0 Å². The number of rotatable bonds is 4. The van der Waals surface area contributed by atoms with Crippen LogP contribution in [0.25, 0.3) is 0 Å². The topological polar surface area (TPSA) is 29.6 Å². The second-order valence-electron chi connectivity index (χ2n) is 6.11. The number of ketones is 1. The Morgan fingerprint density at radius 3 is 2.53 bits per heavy atom. The summed E-state index contributed by atoms with van der Waals surface area (Å²) in [4.78, 5) is 12.0. The maximum Gasteiger partial charge on any atom is 0.169 e. The van der Waals surface area contributed by atoms with Gasteiger partial charge >= 0.3 is 0 Å². The van der Waals surface area contributed by atoms with E-state index in [9.17, 15) is 4.79 Å². The van der Waals surface area contributed by atoms with Crippen LogP contribution in [0.4, 0.5) is 0 Å². The van der Waals surface area contributed by atoms with E-state index in [-0.39, 0.29) is 5.92 Å². The Bertz CT molecular complexity index is 283. The van der Waals surface area contributed by atoms with Gasteiger partial charge in [-0.1, -0.05) is 6.92 Å². The van der Waals surface area contributed by atoms with Gasteiger partial charge in [-0.15, -0.1) is 0 Å². The second kappa shape index (κ2) is 3.07. The van der Waals surface area contributed by atoms with E-state index in [1.165, 1.54) is 19.3 Å². The highest BCUT2D eigenvalue weighted by atomic mass is 16.6. The molecule has 0 aromatic heterocycles. The van der Waals surface area contributed by atoms with Gasteiger partial charge in [0, 0.05) is 5.92 Å². The predicted molar refractivity (Wildman–Crippen MR) is 57.5 cm³/mol. The number of hydrogen-bond donors (Lipinski definition) is 0. The van der Waals surface area contributed by atoms with Crippen LogP contribution >= 0.6 is 0 Å². The lowest BCUT2D eigenvalue weighted by Crippen LogP contribution is -2.28. The Morgan fingerprint density at radius 1 is 1.40 bits per heavy atom. The van der Waals surface area contributed by atoms with Crippen LogP contribution in [0, 0.1) is 23.7 Å². The lowest BCUT2D eigenvalue weighted by molar-refractivity contribution is -0.127. The summed E-state index contributed by atoms with van der Waals surface area (Å²) >= 11 is 0. The van der Waals surface area contributed by atoms with Crippen molar-refractivity contribution in [3.05, 3.63) is 0 Å². The van der Waals surface area contributed by atoms with Gasteiger partial charge < -0.3 is 4.74 Å². The first kappa shape index (κ1) is 9.83. The fourth-order valence-corrected chi connectivity index (χ4v) is 3.41. The zero-order valence-corrected chi connectivity index (χ0v) is 9.66. The SMILES string of the molecule is C[C@@H](CC1C[C@@H]2C[C@@H]2C1)C(=O)[C@@]1(C)CO1. The van der Waals surface area contributed by atoms with Crippen molar-refractivity contribution in [2.75, 3.05) is 6.61 Å². The Hall–Kier alpha value is -0.370. The van der Waals surface area contributed by atoms with Crippen LogP contribution in [0.15, 0.2) is 0 Å². The number of hydrogen-bond acceptors (Lipinski definition) is 2. The highest BCUT2D eigenvalue weighted by Gasteiger charge is 2.50. The third kappa shape index (κ3) is 1.73. The molecular weight excluding hydrogens is 188 g/mol. The van der Waals surface area contributed by atoms with E-state index in [0.29, 0.717) is 12.4 Å². The summed E-state index contributed by atoms with van der Waals surface area (Å²) in [6, 6.07) is 0. The Balaban J connectivity index is 1.52. The summed E-state index contributed by atoms with van der Waals surface area (Å²) in [5.41, 5.74) is -0.402. The van der Waals surface area contributed by atoms with Gasteiger partial charge in [-0.2, -0.15) is 0 Å². The van der Waals surface area contributed by atoms with Gasteiger partial charge in [0.1, 0.15) is 5.60 Å². The maximum atomic E-state index is 12.0. The minimum Gasteiger partial charge on any atom is -0.362 e. The molecule has 84 valence electrons. The van der Waals surface area contributed by atoms with E-state index in [1.807, 2.05) is 6.92 Å². The van der Waals surface area contributed by atoms with Crippen LogP contribution in [0.2, 0.25) is 0 Å². The minimum absolute atomic E-state index is 0.208. The zero-order chi connectivity index (χ0) is 10.6. The molecule has 2 heteroatoms. The van der Waals surface area contributed by atoms with E-state index in [4.69, 9.17) is 4.74 Å². The first-order valence-electron chi connectivity index (χ1n) is 6.27. The molecule has 3 rings (SSSR count). The number of fused-ring (bicyclic) bond motifs is 1. The van der Waals surface area contributed by atoms with Gasteiger partial charge in [0.2, 0.25) is 0 Å². The molecular formula is C13H20O2. The van der Waals surface area contributed by atoms with Gasteiger partial charge in [-0.05, 0) is 50.4 Å². The normalized spacial score (nSPS) is 48.5. The molecule has 0 spiro atoms. The largest absolute Gasteiger partial charge is 0.362 e. The molecule has 0 N–H and O–H groups in total. The molecule has 0 amide bonds. The second-order valence-corrected chi connectivity index (χ2v) is 6.11. The Kier molecular flexibility index (Phi) is 2.01. The summed E-state index contributed by atoms with van der Waals surface area (Å²) < 4.78 is 5.22. The van der Waals surface area contributed by atoms with Crippen LogP contribution in [0.1, 0.15) is 39.5 Å². The molecule has 2 saturated carbocycles. The highest BCUT2D eigenvalue weighted by molar-refractivity contribution is 5.91. The van der Waals surface area contributed by atoms with Gasteiger partial charge in [-0.25, -0.2) is 0 Å². The fraction of sp³-hybridized carbons (Fsp3) is 0.923. The molecule has 1 heterocycles. The number of ether oxygens (including phenoxy) is 1. The Morgan fingerprint density at radius 2 is 2.00 bits per heavy atom. The average molecular weight is 208 g/mol. The quantitative estimate of drug-likeness (QED) is 0.664. The molecule has 3 fully saturated rings. The molecule has 5 atom stereocenters. The van der Waals surface area contributed by atoms with Crippen molar-refractivity contribution in [1.82, 2.24) is 0 Å². The lowest BCUT2D eigenvalue weighted by atomic mass is 9.86. The van der Waals surface area contributed by atoms with Crippen molar-refractivity contribution >= 4 is 5.78 Å².